The van der Waals surface area contributed by atoms with E-state index >= 15 is 0 Å². The third kappa shape index (κ3) is 11.2. The number of hydrogen-bond donors (Lipinski definition) is 1. The molecule has 1 amide bonds. The molecule has 0 aliphatic rings. The van der Waals surface area contributed by atoms with E-state index in [-0.39, 0.29) is 5.69 Å². The smallest absolute Gasteiger partial charge is 0.411 e. The standard InChI is InChI=1S/C21H34ClN2O2/c1-2-3-4-5-6-7-8-9-10-11-12-13-16-26-21(25)24-18-14-15-19(22)20(23)17-18/h14-15,17,23H,2-13,16H2,1H3,(H,24,25). The lowest BCUT2D eigenvalue weighted by molar-refractivity contribution is 0.159. The number of rotatable bonds is 14. The summed E-state index contributed by atoms with van der Waals surface area (Å²) in [6.07, 6.45) is 14.9. The van der Waals surface area contributed by atoms with Crippen LogP contribution in [0, 0.1) is 0 Å². The van der Waals surface area contributed by atoms with Gasteiger partial charge in [0.15, 0.2) is 0 Å². The van der Waals surface area contributed by atoms with Crippen LogP contribution in [0.4, 0.5) is 16.2 Å². The number of anilines is 1. The van der Waals surface area contributed by atoms with Crippen molar-refractivity contribution >= 4 is 29.1 Å². The third-order valence-electron chi connectivity index (χ3n) is 4.44. The van der Waals surface area contributed by atoms with Crippen molar-refractivity contribution in [2.75, 3.05) is 11.9 Å². The van der Waals surface area contributed by atoms with E-state index in [0.29, 0.717) is 17.3 Å². The van der Waals surface area contributed by atoms with Gasteiger partial charge in [0.2, 0.25) is 0 Å². The maximum absolute atomic E-state index is 11.7. The third-order valence-corrected chi connectivity index (χ3v) is 4.77. The monoisotopic (exact) mass is 381 g/mol. The van der Waals surface area contributed by atoms with E-state index < -0.39 is 6.09 Å². The molecule has 0 aliphatic heterocycles. The lowest BCUT2D eigenvalue weighted by Gasteiger charge is -2.08. The van der Waals surface area contributed by atoms with Gasteiger partial charge in [-0.05, 0) is 24.6 Å². The lowest BCUT2D eigenvalue weighted by atomic mass is 10.1. The van der Waals surface area contributed by atoms with Crippen molar-refractivity contribution < 1.29 is 9.53 Å². The Labute approximate surface area is 163 Å². The molecule has 0 aliphatic carbocycles. The Hall–Kier alpha value is -1.42. The average molecular weight is 382 g/mol. The van der Waals surface area contributed by atoms with Gasteiger partial charge in [-0.15, -0.1) is 0 Å². The summed E-state index contributed by atoms with van der Waals surface area (Å²) in [7, 11) is 0. The van der Waals surface area contributed by atoms with E-state index in [0.717, 1.165) is 12.8 Å². The van der Waals surface area contributed by atoms with Crippen LogP contribution in [0.2, 0.25) is 5.02 Å². The van der Waals surface area contributed by atoms with Gasteiger partial charge in [0, 0.05) is 5.69 Å². The molecule has 1 aromatic rings. The summed E-state index contributed by atoms with van der Waals surface area (Å²) >= 11 is 5.78. The van der Waals surface area contributed by atoms with Gasteiger partial charge in [0.25, 0.3) is 0 Å². The Morgan fingerprint density at radius 1 is 0.962 bits per heavy atom. The quantitative estimate of drug-likeness (QED) is 0.339. The second-order valence-corrected chi connectivity index (χ2v) is 7.25. The zero-order chi connectivity index (χ0) is 19.0. The molecule has 0 saturated heterocycles. The number of benzene rings is 1. The highest BCUT2D eigenvalue weighted by Crippen LogP contribution is 2.23. The summed E-state index contributed by atoms with van der Waals surface area (Å²) < 4.78 is 5.16. The van der Waals surface area contributed by atoms with Crippen LogP contribution < -0.4 is 11.1 Å². The topological polar surface area (TPSA) is 62.1 Å². The Bertz CT molecular complexity index is 509. The van der Waals surface area contributed by atoms with E-state index in [1.807, 2.05) is 0 Å². The molecule has 0 atom stereocenters. The Balaban J connectivity index is 1.91. The second kappa shape index (κ2) is 14.7. The molecule has 1 rings (SSSR count). The minimum Gasteiger partial charge on any atom is -0.449 e. The predicted molar refractivity (Wildman–Crippen MR) is 110 cm³/mol. The highest BCUT2D eigenvalue weighted by molar-refractivity contribution is 6.33. The van der Waals surface area contributed by atoms with Crippen molar-refractivity contribution in [1.82, 2.24) is 5.73 Å². The molecule has 4 nitrogen and oxygen atoms in total. The maximum atomic E-state index is 11.7. The highest BCUT2D eigenvalue weighted by Gasteiger charge is 2.05. The number of carbonyl (C=O) groups excluding carboxylic acids is 1. The highest BCUT2D eigenvalue weighted by atomic mass is 35.5. The van der Waals surface area contributed by atoms with Gasteiger partial charge in [-0.1, -0.05) is 89.2 Å². The van der Waals surface area contributed by atoms with E-state index in [1.165, 1.54) is 70.3 Å². The molecule has 26 heavy (non-hydrogen) atoms. The number of hydrogen-bond acceptors (Lipinski definition) is 2. The van der Waals surface area contributed by atoms with Gasteiger partial charge in [-0.2, -0.15) is 0 Å². The molecule has 0 bridgehead atoms. The molecule has 5 heteroatoms. The molecular weight excluding hydrogens is 348 g/mol. The lowest BCUT2D eigenvalue weighted by Crippen LogP contribution is -2.14. The molecule has 2 N–H and O–H groups in total. The summed E-state index contributed by atoms with van der Waals surface area (Å²) in [5, 5.41) is 2.98. The van der Waals surface area contributed by atoms with Crippen molar-refractivity contribution in [3.05, 3.63) is 23.2 Å². The van der Waals surface area contributed by atoms with Crippen LogP contribution in [0.1, 0.15) is 84.0 Å². The Morgan fingerprint density at radius 3 is 2.04 bits per heavy atom. The van der Waals surface area contributed by atoms with Crippen LogP contribution in [0.5, 0.6) is 0 Å². The molecule has 0 heterocycles. The molecule has 0 aromatic heterocycles. The van der Waals surface area contributed by atoms with Crippen LogP contribution >= 0.6 is 11.6 Å². The number of ether oxygens (including phenoxy) is 1. The van der Waals surface area contributed by atoms with Crippen LogP contribution in [-0.2, 0) is 4.74 Å². The first-order valence-electron chi connectivity index (χ1n) is 10.1. The first-order valence-corrected chi connectivity index (χ1v) is 10.5. The number of nitrogens with one attached hydrogen (secondary N) is 2. The van der Waals surface area contributed by atoms with Gasteiger partial charge in [-0.3, -0.25) is 11.1 Å². The minimum atomic E-state index is -0.477. The molecule has 0 spiro atoms. The molecule has 1 aromatic carbocycles. The summed E-state index contributed by atoms with van der Waals surface area (Å²) in [6.45, 7) is 2.69. The Morgan fingerprint density at radius 2 is 1.50 bits per heavy atom. The summed E-state index contributed by atoms with van der Waals surface area (Å²) in [5.41, 5.74) is 8.31. The summed E-state index contributed by atoms with van der Waals surface area (Å²) in [4.78, 5) is 11.7. The fourth-order valence-electron chi connectivity index (χ4n) is 2.86. The van der Waals surface area contributed by atoms with Crippen LogP contribution in [-0.4, -0.2) is 12.7 Å². The number of amides is 1. The first kappa shape index (κ1) is 22.6. The molecular formula is C21H34ClN2O2. The van der Waals surface area contributed by atoms with E-state index in [9.17, 15) is 4.79 Å². The molecule has 1 radical (unpaired) electrons. The van der Waals surface area contributed by atoms with Gasteiger partial charge in [0.1, 0.15) is 0 Å². The van der Waals surface area contributed by atoms with E-state index in [1.54, 1.807) is 12.1 Å². The van der Waals surface area contributed by atoms with Gasteiger partial charge in [-0.25, -0.2) is 4.79 Å². The van der Waals surface area contributed by atoms with Crippen LogP contribution in [0.3, 0.4) is 0 Å². The fraction of sp³-hybridized carbons (Fsp3) is 0.667. The van der Waals surface area contributed by atoms with Gasteiger partial charge < -0.3 is 4.74 Å². The van der Waals surface area contributed by atoms with E-state index in [4.69, 9.17) is 22.1 Å². The maximum Gasteiger partial charge on any atom is 0.411 e. The predicted octanol–water partition coefficient (Wildman–Crippen LogP) is 7.50. The fourth-order valence-corrected chi connectivity index (χ4v) is 2.98. The van der Waals surface area contributed by atoms with E-state index in [2.05, 4.69) is 12.2 Å². The molecule has 0 saturated carbocycles. The zero-order valence-electron chi connectivity index (χ0n) is 16.1. The van der Waals surface area contributed by atoms with Gasteiger partial charge in [0.05, 0.1) is 17.3 Å². The van der Waals surface area contributed by atoms with Crippen molar-refractivity contribution in [3.63, 3.8) is 0 Å². The summed E-state index contributed by atoms with van der Waals surface area (Å²) in [5.74, 6) is 0. The summed E-state index contributed by atoms with van der Waals surface area (Å²) in [6, 6.07) is 4.75. The largest absolute Gasteiger partial charge is 0.449 e. The van der Waals surface area contributed by atoms with Crippen molar-refractivity contribution in [2.45, 2.75) is 84.0 Å². The Kier molecular flexibility index (Phi) is 12.8. The molecule has 147 valence electrons. The normalized spacial score (nSPS) is 10.7. The molecule has 0 fully saturated rings. The van der Waals surface area contributed by atoms with Crippen molar-refractivity contribution in [3.8, 4) is 0 Å². The minimum absolute atomic E-state index is 0.186. The molecule has 0 unspecified atom stereocenters. The van der Waals surface area contributed by atoms with Crippen LogP contribution in [0.25, 0.3) is 0 Å². The first-order chi connectivity index (χ1) is 12.6. The van der Waals surface area contributed by atoms with Crippen molar-refractivity contribution in [2.24, 2.45) is 0 Å². The average Bonchev–Trinajstić information content (AvgIpc) is 2.62. The second-order valence-electron chi connectivity index (χ2n) is 6.84. The van der Waals surface area contributed by atoms with Crippen LogP contribution in [0.15, 0.2) is 18.2 Å². The SMILES string of the molecule is CCCCCCCCCCCCCCOC(=O)Nc1ccc(Cl)c([NH])c1. The van der Waals surface area contributed by atoms with Crippen molar-refractivity contribution in [1.29, 1.82) is 0 Å². The number of unbranched alkanes of at least 4 members (excludes halogenated alkanes) is 11. The zero-order valence-corrected chi connectivity index (χ0v) is 16.9. The number of carbonyl (C=O) groups is 1. The van der Waals surface area contributed by atoms with Gasteiger partial charge >= 0.3 is 6.09 Å². The number of halogens is 1.